The van der Waals surface area contributed by atoms with Crippen molar-refractivity contribution in [2.75, 3.05) is 10.6 Å². The van der Waals surface area contributed by atoms with Gasteiger partial charge in [-0.1, -0.05) is 13.0 Å². The first-order valence-electron chi connectivity index (χ1n) is 6.82. The van der Waals surface area contributed by atoms with E-state index in [9.17, 15) is 4.79 Å². The third-order valence-corrected chi connectivity index (χ3v) is 3.38. The number of pyridine rings is 1. The van der Waals surface area contributed by atoms with Crippen LogP contribution in [-0.4, -0.2) is 21.2 Å². The monoisotopic (exact) mass is 271 g/mol. The number of carbonyl (C=O) groups is 1. The third kappa shape index (κ3) is 2.79. The Kier molecular flexibility index (Phi) is 3.37. The van der Waals surface area contributed by atoms with Crippen LogP contribution in [0, 0.1) is 0 Å². The number of rotatable bonds is 4. The number of aromatic amines is 1. The topological polar surface area (TPSA) is 82.7 Å². The Hall–Kier alpha value is -2.37. The largest absolute Gasteiger partial charge is 0.324 e. The van der Waals surface area contributed by atoms with Crippen LogP contribution in [0.25, 0.3) is 0 Å². The molecule has 0 saturated heterocycles. The number of aryl methyl sites for hydroxylation is 1. The van der Waals surface area contributed by atoms with Gasteiger partial charge in [-0.3, -0.25) is 10.4 Å². The van der Waals surface area contributed by atoms with Crippen molar-refractivity contribution in [2.45, 2.75) is 32.1 Å². The molecule has 0 radical (unpaired) electrons. The zero-order chi connectivity index (χ0) is 13.9. The van der Waals surface area contributed by atoms with Crippen molar-refractivity contribution in [2.24, 2.45) is 0 Å². The average Bonchev–Trinajstić information content (AvgIpc) is 3.20. The van der Waals surface area contributed by atoms with Gasteiger partial charge in [0.25, 0.3) is 0 Å². The van der Waals surface area contributed by atoms with E-state index in [0.717, 1.165) is 36.2 Å². The normalized spacial score (nSPS) is 14.1. The van der Waals surface area contributed by atoms with E-state index in [1.165, 1.54) is 0 Å². The maximum atomic E-state index is 11.9. The summed E-state index contributed by atoms with van der Waals surface area (Å²) in [7, 11) is 0. The van der Waals surface area contributed by atoms with Gasteiger partial charge in [-0.25, -0.2) is 9.78 Å². The van der Waals surface area contributed by atoms with Crippen molar-refractivity contribution in [3.63, 3.8) is 0 Å². The van der Waals surface area contributed by atoms with Crippen LogP contribution in [0.1, 0.15) is 36.9 Å². The molecular weight excluding hydrogens is 254 g/mol. The highest BCUT2D eigenvalue weighted by Crippen LogP contribution is 2.42. The Bertz CT molecular complexity index is 600. The van der Waals surface area contributed by atoms with Gasteiger partial charge in [-0.15, -0.1) is 0 Å². The Balaban J connectivity index is 1.62. The summed E-state index contributed by atoms with van der Waals surface area (Å²) in [5.74, 6) is 1.05. The molecule has 2 aromatic rings. The molecule has 6 heteroatoms. The highest BCUT2D eigenvalue weighted by Gasteiger charge is 2.28. The molecule has 1 aliphatic carbocycles. The van der Waals surface area contributed by atoms with Crippen LogP contribution in [0.5, 0.6) is 0 Å². The van der Waals surface area contributed by atoms with Crippen molar-refractivity contribution < 1.29 is 4.79 Å². The summed E-state index contributed by atoms with van der Waals surface area (Å²) in [6.45, 7) is 2.06. The number of carbonyl (C=O) groups excluding carboxylic acids is 1. The SMILES string of the molecule is CCc1ccc(NC(=O)Nc2cn[nH]c2C2CC2)nc1. The Labute approximate surface area is 117 Å². The molecule has 3 rings (SSSR count). The van der Waals surface area contributed by atoms with Gasteiger partial charge in [0.05, 0.1) is 17.6 Å². The number of hydrogen-bond donors (Lipinski definition) is 3. The molecule has 0 unspecified atom stereocenters. The van der Waals surface area contributed by atoms with E-state index < -0.39 is 0 Å². The maximum Gasteiger partial charge on any atom is 0.324 e. The van der Waals surface area contributed by atoms with Crippen LogP contribution in [0.3, 0.4) is 0 Å². The minimum atomic E-state index is -0.301. The number of hydrogen-bond acceptors (Lipinski definition) is 3. The second-order valence-corrected chi connectivity index (χ2v) is 4.96. The predicted molar refractivity (Wildman–Crippen MR) is 76.8 cm³/mol. The van der Waals surface area contributed by atoms with Crippen molar-refractivity contribution in [1.29, 1.82) is 0 Å². The van der Waals surface area contributed by atoms with Gasteiger partial charge in [0.2, 0.25) is 0 Å². The molecule has 1 fully saturated rings. The number of nitrogens with one attached hydrogen (secondary N) is 3. The molecule has 0 atom stereocenters. The Morgan fingerprint density at radius 3 is 2.85 bits per heavy atom. The van der Waals surface area contributed by atoms with Gasteiger partial charge >= 0.3 is 6.03 Å². The molecular formula is C14H17N5O. The molecule has 2 heterocycles. The minimum absolute atomic E-state index is 0.301. The molecule has 2 aromatic heterocycles. The van der Waals surface area contributed by atoms with E-state index in [4.69, 9.17) is 0 Å². The fourth-order valence-corrected chi connectivity index (χ4v) is 2.06. The van der Waals surface area contributed by atoms with Gasteiger partial charge in [0, 0.05) is 12.1 Å². The molecule has 0 bridgehead atoms. The van der Waals surface area contributed by atoms with E-state index in [1.54, 1.807) is 18.5 Å². The van der Waals surface area contributed by atoms with Crippen LogP contribution in [0.15, 0.2) is 24.5 Å². The number of urea groups is 1. The minimum Gasteiger partial charge on any atom is -0.305 e. The second kappa shape index (κ2) is 5.32. The highest BCUT2D eigenvalue weighted by atomic mass is 16.2. The van der Waals surface area contributed by atoms with Crippen molar-refractivity contribution in [1.82, 2.24) is 15.2 Å². The molecule has 2 amide bonds. The molecule has 20 heavy (non-hydrogen) atoms. The lowest BCUT2D eigenvalue weighted by molar-refractivity contribution is 0.262. The first kappa shape index (κ1) is 12.7. The second-order valence-electron chi connectivity index (χ2n) is 4.96. The quantitative estimate of drug-likeness (QED) is 0.799. The summed E-state index contributed by atoms with van der Waals surface area (Å²) in [5, 5.41) is 12.4. The summed E-state index contributed by atoms with van der Waals surface area (Å²) < 4.78 is 0. The lowest BCUT2D eigenvalue weighted by Crippen LogP contribution is -2.20. The number of H-pyrrole nitrogens is 1. The molecule has 104 valence electrons. The molecule has 0 spiro atoms. The Morgan fingerprint density at radius 1 is 1.35 bits per heavy atom. The standard InChI is InChI=1S/C14H17N5O/c1-2-9-3-6-12(15-7-9)18-14(20)17-11-8-16-19-13(11)10-4-5-10/h3,6-8,10H,2,4-5H2,1H3,(H,16,19)(H2,15,17,18,20). The van der Waals surface area contributed by atoms with E-state index in [-0.39, 0.29) is 6.03 Å². The zero-order valence-corrected chi connectivity index (χ0v) is 11.3. The Morgan fingerprint density at radius 2 is 2.20 bits per heavy atom. The lowest BCUT2D eigenvalue weighted by atomic mass is 10.2. The molecule has 6 nitrogen and oxygen atoms in total. The van der Waals surface area contributed by atoms with Crippen LogP contribution in [0.2, 0.25) is 0 Å². The summed E-state index contributed by atoms with van der Waals surface area (Å²) in [4.78, 5) is 16.1. The van der Waals surface area contributed by atoms with Gasteiger partial charge in [0.15, 0.2) is 0 Å². The highest BCUT2D eigenvalue weighted by molar-refractivity contribution is 5.99. The average molecular weight is 271 g/mol. The van der Waals surface area contributed by atoms with Gasteiger partial charge in [0.1, 0.15) is 5.82 Å². The number of nitrogens with zero attached hydrogens (tertiary/aromatic N) is 2. The van der Waals surface area contributed by atoms with Gasteiger partial charge < -0.3 is 5.32 Å². The molecule has 0 aliphatic heterocycles. The smallest absolute Gasteiger partial charge is 0.305 e. The van der Waals surface area contributed by atoms with Crippen LogP contribution >= 0.6 is 0 Å². The van der Waals surface area contributed by atoms with E-state index >= 15 is 0 Å². The van der Waals surface area contributed by atoms with Gasteiger partial charge in [-0.05, 0) is 30.9 Å². The van der Waals surface area contributed by atoms with Crippen molar-refractivity contribution >= 4 is 17.5 Å². The molecule has 0 aromatic carbocycles. The lowest BCUT2D eigenvalue weighted by Gasteiger charge is -2.07. The molecule has 1 aliphatic rings. The summed E-state index contributed by atoms with van der Waals surface area (Å²) in [6, 6.07) is 3.45. The van der Waals surface area contributed by atoms with Crippen LogP contribution in [0.4, 0.5) is 16.3 Å². The van der Waals surface area contributed by atoms with Crippen LogP contribution < -0.4 is 10.6 Å². The first-order chi connectivity index (χ1) is 9.76. The van der Waals surface area contributed by atoms with E-state index in [0.29, 0.717) is 11.7 Å². The fraction of sp³-hybridized carbons (Fsp3) is 0.357. The molecule has 1 saturated carbocycles. The van der Waals surface area contributed by atoms with Crippen LogP contribution in [-0.2, 0) is 6.42 Å². The summed E-state index contributed by atoms with van der Waals surface area (Å²) in [5.41, 5.74) is 2.89. The number of anilines is 2. The van der Waals surface area contributed by atoms with Gasteiger partial charge in [-0.2, -0.15) is 5.10 Å². The van der Waals surface area contributed by atoms with E-state index in [2.05, 4.69) is 32.7 Å². The molecule has 3 N–H and O–H groups in total. The first-order valence-corrected chi connectivity index (χ1v) is 6.82. The summed E-state index contributed by atoms with van der Waals surface area (Å²) in [6.07, 6.45) is 6.64. The van der Waals surface area contributed by atoms with Crippen molar-refractivity contribution in [3.8, 4) is 0 Å². The predicted octanol–water partition coefficient (Wildman–Crippen LogP) is 2.89. The maximum absolute atomic E-state index is 11.9. The zero-order valence-electron chi connectivity index (χ0n) is 11.3. The fourth-order valence-electron chi connectivity index (χ4n) is 2.06. The summed E-state index contributed by atoms with van der Waals surface area (Å²) >= 11 is 0. The van der Waals surface area contributed by atoms with Crippen molar-refractivity contribution in [3.05, 3.63) is 35.8 Å². The van der Waals surface area contributed by atoms with E-state index in [1.807, 2.05) is 6.07 Å². The third-order valence-electron chi connectivity index (χ3n) is 3.38. The number of amides is 2. The number of aromatic nitrogens is 3.